The van der Waals surface area contributed by atoms with Crippen molar-refractivity contribution in [3.05, 3.63) is 35.4 Å². The Balaban J connectivity index is 2.23. The molecule has 0 aromatic heterocycles. The van der Waals surface area contributed by atoms with E-state index in [9.17, 15) is 0 Å². The average Bonchev–Trinajstić information content (AvgIpc) is 2.74. The van der Waals surface area contributed by atoms with E-state index in [0.29, 0.717) is 5.41 Å². The van der Waals surface area contributed by atoms with Crippen LogP contribution in [-0.4, -0.2) is 31.7 Å². The predicted octanol–water partition coefficient (Wildman–Crippen LogP) is 9.08. The molecule has 0 bridgehead atoms. The Labute approximate surface area is 196 Å². The SMILES string of the molecule is CCCCCCCCCCCC[N+](C)(C)CCc1ccc(C(C)(C)CCCCC)cc1. The molecule has 0 aliphatic heterocycles. The number of rotatable bonds is 19. The molecule has 1 heteroatoms. The highest BCUT2D eigenvalue weighted by Crippen LogP contribution is 2.29. The van der Waals surface area contributed by atoms with Gasteiger partial charge < -0.3 is 4.48 Å². The molecule has 0 amide bonds. The molecule has 0 aliphatic rings. The van der Waals surface area contributed by atoms with E-state index in [1.807, 2.05) is 0 Å². The highest BCUT2D eigenvalue weighted by Gasteiger charge is 2.20. The first-order valence-corrected chi connectivity index (χ1v) is 13.7. The Bertz CT molecular complexity index is 540. The summed E-state index contributed by atoms with van der Waals surface area (Å²) >= 11 is 0. The molecular formula is C30H56N+. The van der Waals surface area contributed by atoms with Crippen molar-refractivity contribution < 1.29 is 4.48 Å². The quantitative estimate of drug-likeness (QED) is 0.152. The summed E-state index contributed by atoms with van der Waals surface area (Å²) < 4.78 is 1.15. The molecular weight excluding hydrogens is 374 g/mol. The minimum Gasteiger partial charge on any atom is -0.328 e. The third-order valence-electron chi connectivity index (χ3n) is 7.26. The Morgan fingerprint density at radius 3 is 1.65 bits per heavy atom. The number of hydrogen-bond donors (Lipinski definition) is 0. The number of benzene rings is 1. The summed E-state index contributed by atoms with van der Waals surface area (Å²) in [4.78, 5) is 0. The van der Waals surface area contributed by atoms with Gasteiger partial charge in [-0.25, -0.2) is 0 Å². The van der Waals surface area contributed by atoms with Gasteiger partial charge in [0.1, 0.15) is 0 Å². The van der Waals surface area contributed by atoms with E-state index >= 15 is 0 Å². The van der Waals surface area contributed by atoms with Gasteiger partial charge in [0, 0.05) is 6.42 Å². The van der Waals surface area contributed by atoms with Crippen LogP contribution in [0.15, 0.2) is 24.3 Å². The molecule has 0 fully saturated rings. The normalized spacial score (nSPS) is 12.5. The maximum absolute atomic E-state index is 2.42. The number of quaternary nitrogens is 1. The molecule has 0 N–H and O–H groups in total. The van der Waals surface area contributed by atoms with Gasteiger partial charge >= 0.3 is 0 Å². The first-order chi connectivity index (χ1) is 14.8. The summed E-state index contributed by atoms with van der Waals surface area (Å²) in [5, 5.41) is 0. The van der Waals surface area contributed by atoms with Crippen molar-refractivity contribution in [1.29, 1.82) is 0 Å². The highest BCUT2D eigenvalue weighted by atomic mass is 15.3. The fourth-order valence-electron chi connectivity index (χ4n) is 4.65. The average molecular weight is 431 g/mol. The van der Waals surface area contributed by atoms with Gasteiger partial charge in [0.25, 0.3) is 0 Å². The van der Waals surface area contributed by atoms with Gasteiger partial charge in [0.05, 0.1) is 27.2 Å². The summed E-state index contributed by atoms with van der Waals surface area (Å²) in [6, 6.07) is 9.56. The van der Waals surface area contributed by atoms with Crippen LogP contribution in [0, 0.1) is 0 Å². The van der Waals surface area contributed by atoms with Gasteiger partial charge in [-0.05, 0) is 35.8 Å². The Morgan fingerprint density at radius 2 is 1.10 bits per heavy atom. The smallest absolute Gasteiger partial charge is 0.0823 e. The second-order valence-electron chi connectivity index (χ2n) is 11.4. The first kappa shape index (κ1) is 28.2. The van der Waals surface area contributed by atoms with Crippen molar-refractivity contribution in [2.24, 2.45) is 0 Å². The lowest BCUT2D eigenvalue weighted by molar-refractivity contribution is -0.890. The van der Waals surface area contributed by atoms with Gasteiger partial charge in [-0.15, -0.1) is 0 Å². The maximum Gasteiger partial charge on any atom is 0.0823 e. The summed E-state index contributed by atoms with van der Waals surface area (Å²) in [5.74, 6) is 0. The van der Waals surface area contributed by atoms with E-state index in [2.05, 4.69) is 66.1 Å². The fourth-order valence-corrected chi connectivity index (χ4v) is 4.65. The minimum absolute atomic E-state index is 0.304. The Kier molecular flexibility index (Phi) is 14.5. The van der Waals surface area contributed by atoms with Crippen molar-refractivity contribution in [1.82, 2.24) is 0 Å². The topological polar surface area (TPSA) is 0 Å². The van der Waals surface area contributed by atoms with E-state index in [1.54, 1.807) is 0 Å². The molecule has 0 unspecified atom stereocenters. The second-order valence-corrected chi connectivity index (χ2v) is 11.4. The standard InChI is InChI=1S/C30H56N/c1-7-9-11-12-13-14-15-16-17-19-26-31(5,6)27-24-28-20-22-29(23-21-28)30(3,4)25-18-10-8-2/h20-23H,7-19,24-27H2,1-6H3/q+1. The number of unbranched alkanes of at least 4 members (excludes halogenated alkanes) is 11. The molecule has 0 heterocycles. The van der Waals surface area contributed by atoms with Crippen LogP contribution in [0.5, 0.6) is 0 Å². The molecule has 180 valence electrons. The predicted molar refractivity (Wildman–Crippen MR) is 141 cm³/mol. The highest BCUT2D eigenvalue weighted by molar-refractivity contribution is 5.28. The second kappa shape index (κ2) is 15.9. The number of hydrogen-bond acceptors (Lipinski definition) is 0. The molecule has 0 aliphatic carbocycles. The number of nitrogens with zero attached hydrogens (tertiary/aromatic N) is 1. The molecule has 0 saturated heterocycles. The van der Waals surface area contributed by atoms with E-state index in [1.165, 1.54) is 121 Å². The first-order valence-electron chi connectivity index (χ1n) is 13.7. The van der Waals surface area contributed by atoms with Crippen LogP contribution in [0.4, 0.5) is 0 Å². The van der Waals surface area contributed by atoms with Crippen LogP contribution in [0.2, 0.25) is 0 Å². The molecule has 0 spiro atoms. The van der Waals surface area contributed by atoms with Crippen molar-refractivity contribution in [2.45, 2.75) is 129 Å². The van der Waals surface area contributed by atoms with E-state index < -0.39 is 0 Å². The molecule has 0 saturated carbocycles. The Hall–Kier alpha value is -0.820. The van der Waals surface area contributed by atoms with E-state index in [0.717, 1.165) is 4.48 Å². The zero-order valence-corrected chi connectivity index (χ0v) is 22.3. The minimum atomic E-state index is 0.304. The van der Waals surface area contributed by atoms with Crippen molar-refractivity contribution in [2.75, 3.05) is 27.2 Å². The van der Waals surface area contributed by atoms with Crippen LogP contribution in [-0.2, 0) is 11.8 Å². The molecule has 0 atom stereocenters. The lowest BCUT2D eigenvalue weighted by atomic mass is 9.80. The molecule has 1 rings (SSSR count). The van der Waals surface area contributed by atoms with Gasteiger partial charge in [-0.3, -0.25) is 0 Å². The van der Waals surface area contributed by atoms with Crippen LogP contribution < -0.4 is 0 Å². The third-order valence-corrected chi connectivity index (χ3v) is 7.26. The Morgan fingerprint density at radius 1 is 0.613 bits per heavy atom. The fraction of sp³-hybridized carbons (Fsp3) is 0.800. The van der Waals surface area contributed by atoms with Gasteiger partial charge in [-0.2, -0.15) is 0 Å². The molecule has 31 heavy (non-hydrogen) atoms. The summed E-state index contributed by atoms with van der Waals surface area (Å²) in [7, 11) is 4.83. The maximum atomic E-state index is 2.42. The van der Waals surface area contributed by atoms with Gasteiger partial charge in [-0.1, -0.05) is 123 Å². The largest absolute Gasteiger partial charge is 0.328 e. The van der Waals surface area contributed by atoms with E-state index in [4.69, 9.17) is 0 Å². The van der Waals surface area contributed by atoms with Crippen LogP contribution in [0.25, 0.3) is 0 Å². The van der Waals surface area contributed by atoms with E-state index in [-0.39, 0.29) is 0 Å². The van der Waals surface area contributed by atoms with Crippen molar-refractivity contribution >= 4 is 0 Å². The summed E-state index contributed by atoms with van der Waals surface area (Å²) in [5.41, 5.74) is 3.31. The van der Waals surface area contributed by atoms with Gasteiger partial charge in [0.15, 0.2) is 0 Å². The summed E-state index contributed by atoms with van der Waals surface area (Å²) in [6.07, 6.45) is 20.8. The number of likely N-dealkylation sites (N-methyl/N-ethyl adjacent to an activating group) is 1. The van der Waals surface area contributed by atoms with Crippen LogP contribution in [0.3, 0.4) is 0 Å². The van der Waals surface area contributed by atoms with Crippen LogP contribution in [0.1, 0.15) is 129 Å². The molecule has 0 radical (unpaired) electrons. The molecule has 1 aromatic carbocycles. The lowest BCUT2D eigenvalue weighted by Gasteiger charge is -2.30. The molecule has 1 aromatic rings. The molecule has 1 nitrogen and oxygen atoms in total. The van der Waals surface area contributed by atoms with Gasteiger partial charge in [0.2, 0.25) is 0 Å². The van der Waals surface area contributed by atoms with Crippen molar-refractivity contribution in [3.8, 4) is 0 Å². The zero-order chi connectivity index (χ0) is 23.0. The van der Waals surface area contributed by atoms with Crippen molar-refractivity contribution in [3.63, 3.8) is 0 Å². The summed E-state index contributed by atoms with van der Waals surface area (Å²) in [6.45, 7) is 12.0. The monoisotopic (exact) mass is 430 g/mol. The van der Waals surface area contributed by atoms with Crippen LogP contribution >= 0.6 is 0 Å². The third kappa shape index (κ3) is 13.4. The lowest BCUT2D eigenvalue weighted by Crippen LogP contribution is -2.42. The zero-order valence-electron chi connectivity index (χ0n) is 22.3.